The minimum Gasteiger partial charge on any atom is -0.465 e. The number of ether oxygens (including phenoxy) is 2. The van der Waals surface area contributed by atoms with Gasteiger partial charge in [-0.1, -0.05) is 12.1 Å². The molecule has 0 bridgehead atoms. The van der Waals surface area contributed by atoms with E-state index in [0.29, 0.717) is 11.4 Å². The molecule has 3 amide bonds. The minimum absolute atomic E-state index is 0.0581. The minimum atomic E-state index is -1.49. The van der Waals surface area contributed by atoms with E-state index in [9.17, 15) is 19.2 Å². The third kappa shape index (κ3) is 4.06. The first-order valence-corrected chi connectivity index (χ1v) is 7.78. The molecule has 1 aliphatic heterocycles. The van der Waals surface area contributed by atoms with E-state index in [1.165, 1.54) is 0 Å². The van der Waals surface area contributed by atoms with E-state index in [1.54, 1.807) is 38.1 Å². The molecule has 1 heterocycles. The number of urea groups is 1. The predicted octanol–water partition coefficient (Wildman–Crippen LogP) is 0.649. The number of benzene rings is 1. The summed E-state index contributed by atoms with van der Waals surface area (Å²) in [6.07, 6.45) is 0. The number of carbonyl (C=O) groups is 4. The van der Waals surface area contributed by atoms with Gasteiger partial charge in [-0.3, -0.25) is 14.5 Å². The van der Waals surface area contributed by atoms with Crippen LogP contribution in [0.4, 0.5) is 16.2 Å². The lowest BCUT2D eigenvalue weighted by molar-refractivity contribution is -0.147. The van der Waals surface area contributed by atoms with Crippen LogP contribution in [0, 0.1) is 0 Å². The Morgan fingerprint density at radius 1 is 1.16 bits per heavy atom. The summed E-state index contributed by atoms with van der Waals surface area (Å²) in [6, 6.07) is 4.24. The van der Waals surface area contributed by atoms with Gasteiger partial charge in [0, 0.05) is 0 Å². The standard InChI is InChI=1S/C16H19N3O6/c1-3-24-12(20)9-17-16(23)19-11-8-6-5-7-10(11)18-14(21)13(19)15(22)25-4-2/h5-8,13H,3-4,9H2,1-2H3,(H,17,23)(H,18,21). The monoisotopic (exact) mass is 349 g/mol. The van der Waals surface area contributed by atoms with Gasteiger partial charge in [0.25, 0.3) is 5.91 Å². The number of esters is 2. The maximum absolute atomic E-state index is 12.6. The number of para-hydroxylation sites is 2. The summed E-state index contributed by atoms with van der Waals surface area (Å²) in [6.45, 7) is 3.08. The molecule has 134 valence electrons. The number of nitrogens with zero attached hydrogens (tertiary/aromatic N) is 1. The Bertz CT molecular complexity index is 690. The lowest BCUT2D eigenvalue weighted by Crippen LogP contribution is -2.58. The van der Waals surface area contributed by atoms with Gasteiger partial charge in [-0.15, -0.1) is 0 Å². The highest BCUT2D eigenvalue weighted by Crippen LogP contribution is 2.32. The van der Waals surface area contributed by atoms with Gasteiger partial charge in [0.1, 0.15) is 6.54 Å². The number of rotatable bonds is 5. The van der Waals surface area contributed by atoms with Crippen molar-refractivity contribution in [2.75, 3.05) is 30.0 Å². The Morgan fingerprint density at radius 3 is 2.52 bits per heavy atom. The normalized spacial score (nSPS) is 15.7. The largest absolute Gasteiger partial charge is 0.465 e. The van der Waals surface area contributed by atoms with Gasteiger partial charge >= 0.3 is 18.0 Å². The molecular weight excluding hydrogens is 330 g/mol. The maximum atomic E-state index is 12.6. The van der Waals surface area contributed by atoms with E-state index in [0.717, 1.165) is 4.90 Å². The lowest BCUT2D eigenvalue weighted by Gasteiger charge is -2.34. The molecule has 9 heteroatoms. The second-order valence-corrected chi connectivity index (χ2v) is 4.99. The predicted molar refractivity (Wildman–Crippen MR) is 88.0 cm³/mol. The van der Waals surface area contributed by atoms with Crippen LogP contribution >= 0.6 is 0 Å². The highest BCUT2D eigenvalue weighted by molar-refractivity contribution is 6.20. The van der Waals surface area contributed by atoms with Crippen LogP contribution in [0.3, 0.4) is 0 Å². The van der Waals surface area contributed by atoms with Crippen molar-refractivity contribution >= 4 is 35.3 Å². The first kappa shape index (κ1) is 18.2. The summed E-state index contributed by atoms with van der Waals surface area (Å²) in [5.74, 6) is -2.18. The summed E-state index contributed by atoms with van der Waals surface area (Å²) in [5.41, 5.74) is 0.695. The maximum Gasteiger partial charge on any atom is 0.339 e. The second-order valence-electron chi connectivity index (χ2n) is 4.99. The molecule has 1 aromatic rings. The zero-order valence-electron chi connectivity index (χ0n) is 13.9. The summed E-state index contributed by atoms with van der Waals surface area (Å²) >= 11 is 0. The van der Waals surface area contributed by atoms with E-state index in [2.05, 4.69) is 10.6 Å². The summed E-state index contributed by atoms with van der Waals surface area (Å²) in [4.78, 5) is 49.4. The molecule has 9 nitrogen and oxygen atoms in total. The van der Waals surface area contributed by atoms with Crippen molar-refractivity contribution < 1.29 is 28.7 Å². The molecule has 25 heavy (non-hydrogen) atoms. The average Bonchev–Trinajstić information content (AvgIpc) is 2.58. The Hall–Kier alpha value is -3.10. The zero-order valence-corrected chi connectivity index (χ0v) is 13.9. The molecule has 0 aromatic heterocycles. The SMILES string of the molecule is CCOC(=O)CNC(=O)N1c2ccccc2NC(=O)C1C(=O)OCC. The van der Waals surface area contributed by atoms with Crippen LogP contribution in [-0.2, 0) is 23.9 Å². The number of hydrogen-bond acceptors (Lipinski definition) is 6. The molecule has 1 aliphatic rings. The first-order chi connectivity index (χ1) is 12.0. The van der Waals surface area contributed by atoms with Crippen LogP contribution < -0.4 is 15.5 Å². The van der Waals surface area contributed by atoms with Crippen molar-refractivity contribution in [3.8, 4) is 0 Å². The van der Waals surface area contributed by atoms with Gasteiger partial charge in [-0.2, -0.15) is 0 Å². The molecule has 2 N–H and O–H groups in total. The van der Waals surface area contributed by atoms with E-state index in [4.69, 9.17) is 9.47 Å². The molecular formula is C16H19N3O6. The van der Waals surface area contributed by atoms with Crippen LogP contribution in [0.2, 0.25) is 0 Å². The van der Waals surface area contributed by atoms with Crippen LogP contribution in [0.1, 0.15) is 13.8 Å². The number of amides is 3. The highest BCUT2D eigenvalue weighted by atomic mass is 16.5. The smallest absolute Gasteiger partial charge is 0.339 e. The fourth-order valence-corrected chi connectivity index (χ4v) is 2.35. The Labute approximate surface area is 144 Å². The highest BCUT2D eigenvalue weighted by Gasteiger charge is 2.42. The Kier molecular flexibility index (Phi) is 5.93. The van der Waals surface area contributed by atoms with Gasteiger partial charge in [0.05, 0.1) is 24.6 Å². The second kappa shape index (κ2) is 8.13. The Balaban J connectivity index is 2.30. The summed E-state index contributed by atoms with van der Waals surface area (Å²) in [5, 5.41) is 4.92. The molecule has 1 aromatic carbocycles. The van der Waals surface area contributed by atoms with Crippen molar-refractivity contribution in [1.82, 2.24) is 5.32 Å². The quantitative estimate of drug-likeness (QED) is 0.596. The van der Waals surface area contributed by atoms with Gasteiger partial charge in [0.2, 0.25) is 6.04 Å². The van der Waals surface area contributed by atoms with Crippen molar-refractivity contribution in [2.45, 2.75) is 19.9 Å². The van der Waals surface area contributed by atoms with Crippen LogP contribution in [0.25, 0.3) is 0 Å². The van der Waals surface area contributed by atoms with Crippen molar-refractivity contribution in [2.24, 2.45) is 0 Å². The number of nitrogens with one attached hydrogen (secondary N) is 2. The van der Waals surface area contributed by atoms with Crippen molar-refractivity contribution in [3.63, 3.8) is 0 Å². The molecule has 0 radical (unpaired) electrons. The average molecular weight is 349 g/mol. The van der Waals surface area contributed by atoms with Gasteiger partial charge < -0.3 is 20.1 Å². The molecule has 2 rings (SSSR count). The van der Waals surface area contributed by atoms with Crippen LogP contribution in [-0.4, -0.2) is 49.7 Å². The molecule has 0 saturated carbocycles. The Morgan fingerprint density at radius 2 is 1.84 bits per heavy atom. The fraction of sp³-hybridized carbons (Fsp3) is 0.375. The zero-order chi connectivity index (χ0) is 18.4. The van der Waals surface area contributed by atoms with Gasteiger partial charge in [-0.05, 0) is 26.0 Å². The van der Waals surface area contributed by atoms with E-state index >= 15 is 0 Å². The lowest BCUT2D eigenvalue weighted by atomic mass is 10.1. The molecule has 0 fully saturated rings. The number of fused-ring (bicyclic) bond motifs is 1. The van der Waals surface area contributed by atoms with Crippen molar-refractivity contribution in [3.05, 3.63) is 24.3 Å². The van der Waals surface area contributed by atoms with Crippen LogP contribution in [0.15, 0.2) is 24.3 Å². The topological polar surface area (TPSA) is 114 Å². The van der Waals surface area contributed by atoms with E-state index in [1.807, 2.05) is 0 Å². The number of anilines is 2. The molecule has 0 aliphatic carbocycles. The number of hydrogen-bond donors (Lipinski definition) is 2. The first-order valence-electron chi connectivity index (χ1n) is 7.78. The number of carbonyl (C=O) groups excluding carboxylic acids is 4. The third-order valence-corrected chi connectivity index (χ3v) is 3.35. The van der Waals surface area contributed by atoms with Gasteiger partial charge in [0.15, 0.2) is 0 Å². The van der Waals surface area contributed by atoms with Crippen LogP contribution in [0.5, 0.6) is 0 Å². The molecule has 0 spiro atoms. The fourth-order valence-electron chi connectivity index (χ4n) is 2.35. The summed E-state index contributed by atoms with van der Waals surface area (Å²) < 4.78 is 9.64. The van der Waals surface area contributed by atoms with E-state index < -0.39 is 29.9 Å². The van der Waals surface area contributed by atoms with Gasteiger partial charge in [-0.25, -0.2) is 9.59 Å². The molecule has 1 atom stereocenters. The molecule has 0 saturated heterocycles. The molecule has 1 unspecified atom stereocenters. The van der Waals surface area contributed by atoms with Crippen molar-refractivity contribution in [1.29, 1.82) is 0 Å². The third-order valence-electron chi connectivity index (χ3n) is 3.35. The summed E-state index contributed by atoms with van der Waals surface area (Å²) in [7, 11) is 0. The van der Waals surface area contributed by atoms with E-state index in [-0.39, 0.29) is 19.8 Å².